The molecule has 0 aliphatic carbocycles. The molecule has 0 saturated heterocycles. The minimum Gasteiger partial charge on any atom is -0.331 e. The average molecular weight is 365 g/mol. The first kappa shape index (κ1) is 16.9. The highest BCUT2D eigenvalue weighted by molar-refractivity contribution is 7.89. The zero-order valence-electron chi connectivity index (χ0n) is 13.2. The Labute approximate surface area is 145 Å². The highest BCUT2D eigenvalue weighted by Gasteiger charge is 2.22. The Morgan fingerprint density at radius 2 is 2.00 bits per heavy atom. The number of benzene rings is 1. The first-order valence-corrected chi connectivity index (χ1v) is 10.0. The van der Waals surface area contributed by atoms with Crippen LogP contribution >= 0.6 is 11.3 Å². The third-order valence-corrected chi connectivity index (χ3v) is 6.10. The van der Waals surface area contributed by atoms with E-state index in [2.05, 4.69) is 16.8 Å². The van der Waals surface area contributed by atoms with Crippen molar-refractivity contribution in [3.63, 3.8) is 0 Å². The Bertz CT molecular complexity index is 844. The van der Waals surface area contributed by atoms with Crippen molar-refractivity contribution in [3.05, 3.63) is 51.7 Å². The first-order valence-electron chi connectivity index (χ1n) is 7.58. The van der Waals surface area contributed by atoms with Crippen molar-refractivity contribution in [2.45, 2.75) is 30.8 Å². The van der Waals surface area contributed by atoms with Crippen LogP contribution in [0.4, 0.5) is 4.79 Å². The van der Waals surface area contributed by atoms with Crippen LogP contribution in [0.25, 0.3) is 0 Å². The van der Waals surface area contributed by atoms with Gasteiger partial charge in [-0.15, -0.1) is 11.3 Å². The SMILES string of the molecule is C[C@H](NC(=O)N1CCc2sccc2C1)c1ccc(S(N)(=O)=O)cc1. The number of nitrogens with two attached hydrogens (primary N) is 1. The van der Waals surface area contributed by atoms with Gasteiger partial charge in [-0.1, -0.05) is 12.1 Å². The maximum Gasteiger partial charge on any atom is 0.318 e. The number of sulfonamides is 1. The van der Waals surface area contributed by atoms with Crippen LogP contribution in [0.5, 0.6) is 0 Å². The van der Waals surface area contributed by atoms with Gasteiger partial charge in [0.05, 0.1) is 10.9 Å². The molecule has 1 atom stereocenters. The molecule has 6 nitrogen and oxygen atoms in total. The topological polar surface area (TPSA) is 92.5 Å². The van der Waals surface area contributed by atoms with E-state index in [1.165, 1.54) is 22.6 Å². The van der Waals surface area contributed by atoms with E-state index in [0.29, 0.717) is 13.1 Å². The van der Waals surface area contributed by atoms with Crippen LogP contribution in [0.15, 0.2) is 40.6 Å². The van der Waals surface area contributed by atoms with Crippen LogP contribution < -0.4 is 10.5 Å². The van der Waals surface area contributed by atoms with Crippen molar-refractivity contribution in [1.29, 1.82) is 0 Å². The van der Waals surface area contributed by atoms with Crippen molar-refractivity contribution in [1.82, 2.24) is 10.2 Å². The van der Waals surface area contributed by atoms with Crippen LogP contribution in [0.3, 0.4) is 0 Å². The largest absolute Gasteiger partial charge is 0.331 e. The molecule has 3 rings (SSSR count). The number of carbonyl (C=O) groups excluding carboxylic acids is 1. The van der Waals surface area contributed by atoms with Gasteiger partial charge >= 0.3 is 6.03 Å². The van der Waals surface area contributed by atoms with Crippen molar-refractivity contribution in [2.24, 2.45) is 5.14 Å². The fourth-order valence-electron chi connectivity index (χ4n) is 2.73. The van der Waals surface area contributed by atoms with Crippen molar-refractivity contribution in [3.8, 4) is 0 Å². The zero-order valence-corrected chi connectivity index (χ0v) is 14.9. The minimum atomic E-state index is -3.70. The number of rotatable bonds is 3. The normalized spacial score (nSPS) is 15.7. The number of hydrogen-bond donors (Lipinski definition) is 2. The van der Waals surface area contributed by atoms with Crippen molar-refractivity contribution < 1.29 is 13.2 Å². The number of hydrogen-bond acceptors (Lipinski definition) is 4. The van der Waals surface area contributed by atoms with Crippen LogP contribution in [-0.2, 0) is 23.0 Å². The van der Waals surface area contributed by atoms with Gasteiger partial charge in [0.25, 0.3) is 0 Å². The van der Waals surface area contributed by atoms with Gasteiger partial charge in [-0.05, 0) is 48.1 Å². The highest BCUT2D eigenvalue weighted by atomic mass is 32.2. The minimum absolute atomic E-state index is 0.0609. The Hall–Kier alpha value is -1.90. The molecule has 0 bridgehead atoms. The molecule has 0 saturated carbocycles. The number of amides is 2. The second kappa shape index (κ2) is 6.54. The smallest absolute Gasteiger partial charge is 0.318 e. The molecule has 0 fully saturated rings. The molecule has 0 spiro atoms. The van der Waals surface area contributed by atoms with Crippen LogP contribution in [0.1, 0.15) is 29.0 Å². The average Bonchev–Trinajstić information content (AvgIpc) is 3.01. The summed E-state index contributed by atoms with van der Waals surface area (Å²) in [6.45, 7) is 3.20. The molecule has 3 N–H and O–H groups in total. The molecule has 2 amide bonds. The number of thiophene rings is 1. The molecule has 1 aromatic carbocycles. The number of fused-ring (bicyclic) bond motifs is 1. The number of urea groups is 1. The summed E-state index contributed by atoms with van der Waals surface area (Å²) >= 11 is 1.74. The lowest BCUT2D eigenvalue weighted by atomic mass is 10.1. The molecule has 128 valence electrons. The van der Waals surface area contributed by atoms with Crippen molar-refractivity contribution >= 4 is 27.4 Å². The number of carbonyl (C=O) groups is 1. The Kier molecular flexibility index (Phi) is 4.62. The summed E-state index contributed by atoms with van der Waals surface area (Å²) in [5, 5.41) is 10.1. The lowest BCUT2D eigenvalue weighted by molar-refractivity contribution is 0.189. The summed E-state index contributed by atoms with van der Waals surface area (Å²) in [6.07, 6.45) is 0.887. The lowest BCUT2D eigenvalue weighted by Gasteiger charge is -2.28. The number of primary sulfonamides is 1. The molecular formula is C16H19N3O3S2. The molecule has 1 aromatic heterocycles. The standard InChI is InChI=1S/C16H19N3O3S2/c1-11(12-2-4-14(5-3-12)24(17,21)22)18-16(20)19-8-6-15-13(10-19)7-9-23-15/h2-5,7,9,11H,6,8,10H2,1H3,(H,18,20)(H2,17,21,22)/t11-/m0/s1. The molecular weight excluding hydrogens is 346 g/mol. The van der Waals surface area contributed by atoms with Crippen LogP contribution in [0, 0.1) is 0 Å². The van der Waals surface area contributed by atoms with Gasteiger partial charge < -0.3 is 10.2 Å². The van der Waals surface area contributed by atoms with E-state index in [-0.39, 0.29) is 17.0 Å². The second-order valence-corrected chi connectivity index (χ2v) is 8.39. The second-order valence-electron chi connectivity index (χ2n) is 5.83. The van der Waals surface area contributed by atoms with E-state index in [9.17, 15) is 13.2 Å². The first-order chi connectivity index (χ1) is 11.3. The number of nitrogens with zero attached hydrogens (tertiary/aromatic N) is 1. The summed E-state index contributed by atoms with van der Waals surface area (Å²) in [6, 6.07) is 7.95. The maximum absolute atomic E-state index is 12.4. The number of nitrogens with one attached hydrogen (secondary N) is 1. The zero-order chi connectivity index (χ0) is 17.3. The highest BCUT2D eigenvalue weighted by Crippen LogP contribution is 2.24. The Morgan fingerprint density at radius 3 is 2.67 bits per heavy atom. The van der Waals surface area contributed by atoms with Gasteiger partial charge in [-0.3, -0.25) is 0 Å². The summed E-state index contributed by atoms with van der Waals surface area (Å²) in [5.74, 6) is 0. The van der Waals surface area contributed by atoms with E-state index in [1.54, 1.807) is 28.4 Å². The van der Waals surface area contributed by atoms with Gasteiger partial charge in [-0.2, -0.15) is 0 Å². The van der Waals surface area contributed by atoms with Gasteiger partial charge in [0.2, 0.25) is 10.0 Å². The molecule has 0 unspecified atom stereocenters. The predicted octanol–water partition coefficient (Wildman–Crippen LogP) is 2.22. The molecule has 2 heterocycles. The van der Waals surface area contributed by atoms with E-state index in [1.807, 2.05) is 6.92 Å². The van der Waals surface area contributed by atoms with Gasteiger partial charge in [0, 0.05) is 18.0 Å². The Morgan fingerprint density at radius 1 is 1.29 bits per heavy atom. The van der Waals surface area contributed by atoms with E-state index < -0.39 is 10.0 Å². The van der Waals surface area contributed by atoms with Crippen LogP contribution in [-0.4, -0.2) is 25.9 Å². The third-order valence-electron chi connectivity index (χ3n) is 4.14. The van der Waals surface area contributed by atoms with Gasteiger partial charge in [0.1, 0.15) is 0 Å². The van der Waals surface area contributed by atoms with Crippen LogP contribution in [0.2, 0.25) is 0 Å². The third kappa shape index (κ3) is 3.61. The molecule has 0 radical (unpaired) electrons. The maximum atomic E-state index is 12.4. The fourth-order valence-corrected chi connectivity index (χ4v) is 4.13. The summed E-state index contributed by atoms with van der Waals surface area (Å²) in [4.78, 5) is 15.7. The molecule has 1 aliphatic rings. The van der Waals surface area contributed by atoms with E-state index >= 15 is 0 Å². The van der Waals surface area contributed by atoms with Gasteiger partial charge in [-0.25, -0.2) is 18.4 Å². The summed E-state index contributed by atoms with van der Waals surface area (Å²) in [7, 11) is -3.70. The summed E-state index contributed by atoms with van der Waals surface area (Å²) in [5.41, 5.74) is 2.04. The predicted molar refractivity (Wildman–Crippen MR) is 93.2 cm³/mol. The molecule has 1 aliphatic heterocycles. The molecule has 2 aromatic rings. The van der Waals surface area contributed by atoms with E-state index in [4.69, 9.17) is 5.14 Å². The van der Waals surface area contributed by atoms with Crippen molar-refractivity contribution in [2.75, 3.05) is 6.54 Å². The Balaban J connectivity index is 1.64. The quantitative estimate of drug-likeness (QED) is 0.873. The summed E-state index contributed by atoms with van der Waals surface area (Å²) < 4.78 is 22.6. The molecule has 8 heteroatoms. The monoisotopic (exact) mass is 365 g/mol. The van der Waals surface area contributed by atoms with E-state index in [0.717, 1.165) is 12.0 Å². The molecule has 24 heavy (non-hydrogen) atoms. The lowest BCUT2D eigenvalue weighted by Crippen LogP contribution is -2.43. The van der Waals surface area contributed by atoms with Gasteiger partial charge in [0.15, 0.2) is 0 Å². The fraction of sp³-hybridized carbons (Fsp3) is 0.312.